The van der Waals surface area contributed by atoms with Crippen LogP contribution in [0.25, 0.3) is 0 Å². The smallest absolute Gasteiger partial charge is 0.0860 e. The molecule has 0 amide bonds. The molecule has 0 N–H and O–H groups in total. The molecule has 0 atom stereocenters. The molecule has 4 heteroatoms. The first-order chi connectivity index (χ1) is 8.95. The Morgan fingerprint density at radius 3 is 1.33 bits per heavy atom. The molecule has 21 heavy (non-hydrogen) atoms. The molecular weight excluding hydrogens is 394 g/mol. The number of hydrogen-bond acceptors (Lipinski definition) is 0. The van der Waals surface area contributed by atoms with E-state index in [0.717, 1.165) is 11.1 Å². The van der Waals surface area contributed by atoms with Crippen LogP contribution in [0.2, 0.25) is 11.1 Å². The molecule has 0 aliphatic carbocycles. The standard InChI is InChI=1S/C6H14Si.C6H7.C5H5.2ClH.Zr/c1-5(2)7-6(3)4;1-6-4-2-3-5-6;1-2-4-5-3-1;;;/h5-6H,1-4H3;2-5H,1H3;1-5H;2*1H;/q;2*-1;;;+2/p-2. The van der Waals surface area contributed by atoms with Gasteiger partial charge in [-0.2, -0.15) is 35.9 Å². The number of hydrogen-bond donors (Lipinski definition) is 0. The van der Waals surface area contributed by atoms with Crippen LogP contribution in [0.15, 0.2) is 54.6 Å². The Bertz CT molecular complexity index is 379. The summed E-state index contributed by atoms with van der Waals surface area (Å²) in [5.41, 5.74) is 3.38. The summed E-state index contributed by atoms with van der Waals surface area (Å²) in [4.78, 5) is 0. The molecule has 0 aliphatic rings. The number of rotatable bonds is 2. The van der Waals surface area contributed by atoms with Crippen molar-refractivity contribution in [3.05, 3.63) is 60.2 Å². The van der Waals surface area contributed by atoms with Crippen LogP contribution in [-0.4, -0.2) is 5.43 Å². The Morgan fingerprint density at radius 1 is 0.857 bits per heavy atom. The van der Waals surface area contributed by atoms with Crippen LogP contribution in [0.1, 0.15) is 33.3 Å². The van der Waals surface area contributed by atoms with E-state index in [0.29, 0.717) is 0 Å². The maximum atomic E-state index is 2.35. The third-order valence-electron chi connectivity index (χ3n) is 2.63. The van der Waals surface area contributed by atoms with Crippen LogP contribution in [0.4, 0.5) is 0 Å². The van der Waals surface area contributed by atoms with Gasteiger partial charge in [0.15, 0.2) is 0 Å². The van der Waals surface area contributed by atoms with E-state index in [1.54, 1.807) is 23.3 Å². The second-order valence-electron chi connectivity index (χ2n) is 5.19. The van der Waals surface area contributed by atoms with Crippen molar-refractivity contribution in [2.75, 3.05) is 0 Å². The molecule has 0 heterocycles. The molecule has 118 valence electrons. The van der Waals surface area contributed by atoms with Crippen molar-refractivity contribution in [2.24, 2.45) is 0 Å². The molecule has 0 nitrogen and oxygen atoms in total. The maximum absolute atomic E-state index is 2.35. The first-order valence-corrected chi connectivity index (χ1v) is 12.2. The molecule has 0 spiro atoms. The summed E-state index contributed by atoms with van der Waals surface area (Å²) in [5, 5.41) is 0. The third-order valence-corrected chi connectivity index (χ3v) is 13.6. The van der Waals surface area contributed by atoms with Crippen molar-refractivity contribution in [2.45, 2.75) is 45.7 Å². The monoisotopic (exact) mass is 418 g/mol. The van der Waals surface area contributed by atoms with Crippen LogP contribution in [0.5, 0.6) is 0 Å². The Morgan fingerprint density at radius 2 is 1.24 bits per heavy atom. The minimum atomic E-state index is 0. The topological polar surface area (TPSA) is 0 Å². The molecule has 0 radical (unpaired) electrons. The molecule has 0 saturated carbocycles. The van der Waals surface area contributed by atoms with E-state index >= 15 is 0 Å². The SMILES string of the molecule is CC(C)[Si](=[Zr+2])C(C)C.C[c-]1cccc1.[Cl-].[Cl-].c1cc[cH-]c1. The van der Waals surface area contributed by atoms with Gasteiger partial charge in [-0.05, 0) is 0 Å². The summed E-state index contributed by atoms with van der Waals surface area (Å²) in [5.74, 6) is 0. The summed E-state index contributed by atoms with van der Waals surface area (Å²) in [6.07, 6.45) is 0. The normalized spacial score (nSPS) is 8.62. The zero-order valence-electron chi connectivity index (χ0n) is 13.6. The van der Waals surface area contributed by atoms with E-state index in [1.165, 1.54) is 5.56 Å². The Labute approximate surface area is 158 Å². The van der Waals surface area contributed by atoms with E-state index in [4.69, 9.17) is 0 Å². The predicted octanol–water partition coefficient (Wildman–Crippen LogP) is -0.528. The minimum Gasteiger partial charge on any atom is -1.00 e. The van der Waals surface area contributed by atoms with Crippen molar-refractivity contribution in [1.29, 1.82) is 0 Å². The van der Waals surface area contributed by atoms with Crippen LogP contribution in [-0.2, 0) is 23.3 Å². The van der Waals surface area contributed by atoms with E-state index in [1.807, 2.05) is 42.5 Å². The van der Waals surface area contributed by atoms with Gasteiger partial charge in [-0.3, -0.25) is 0 Å². The first kappa shape index (κ1) is 26.3. The average molecular weight is 421 g/mol. The number of halogens is 2. The zero-order valence-corrected chi connectivity index (χ0v) is 18.6. The molecule has 0 saturated heterocycles. The van der Waals surface area contributed by atoms with Crippen molar-refractivity contribution < 1.29 is 48.1 Å². The third kappa shape index (κ3) is 16.6. The van der Waals surface area contributed by atoms with Crippen molar-refractivity contribution in [1.82, 2.24) is 0 Å². The van der Waals surface area contributed by atoms with E-state index in [-0.39, 0.29) is 30.2 Å². The van der Waals surface area contributed by atoms with Gasteiger partial charge in [0.05, 0.1) is 0 Å². The summed E-state index contributed by atoms with van der Waals surface area (Å²) in [6.45, 7) is 11.5. The molecule has 2 aromatic carbocycles. The van der Waals surface area contributed by atoms with Crippen molar-refractivity contribution in [3.63, 3.8) is 0 Å². The Hall–Kier alpha value is 0.380. The van der Waals surface area contributed by atoms with Crippen molar-refractivity contribution in [3.8, 4) is 0 Å². The second-order valence-corrected chi connectivity index (χ2v) is 12.7. The first-order valence-electron chi connectivity index (χ1n) is 6.88. The van der Waals surface area contributed by atoms with Gasteiger partial charge in [-0.1, -0.05) is 6.92 Å². The van der Waals surface area contributed by atoms with Gasteiger partial charge in [0, 0.05) is 0 Å². The van der Waals surface area contributed by atoms with Crippen molar-refractivity contribution >= 4 is 5.43 Å². The molecule has 0 unspecified atom stereocenters. The number of aryl methyl sites for hydroxylation is 1. The average Bonchev–Trinajstić information content (AvgIpc) is 3.03. The molecule has 0 aromatic heterocycles. The van der Waals surface area contributed by atoms with Crippen LogP contribution in [0.3, 0.4) is 0 Å². The Balaban J connectivity index is -0.000000225. The van der Waals surface area contributed by atoms with Gasteiger partial charge in [0.1, 0.15) is 0 Å². The fraction of sp³-hybridized carbons (Fsp3) is 0.412. The fourth-order valence-electron chi connectivity index (χ4n) is 1.46. The summed E-state index contributed by atoms with van der Waals surface area (Å²) < 4.78 is 0. The molecule has 2 aromatic rings. The second kappa shape index (κ2) is 16.7. The van der Waals surface area contributed by atoms with Gasteiger partial charge < -0.3 is 24.8 Å². The van der Waals surface area contributed by atoms with Gasteiger partial charge in [-0.25, -0.2) is 24.3 Å². The minimum absolute atomic E-state index is 0. The van der Waals surface area contributed by atoms with E-state index in [9.17, 15) is 0 Å². The van der Waals surface area contributed by atoms with Crippen LogP contribution in [0, 0.1) is 6.92 Å². The van der Waals surface area contributed by atoms with Crippen LogP contribution < -0.4 is 24.8 Å². The fourth-order valence-corrected chi connectivity index (χ4v) is 2.79. The van der Waals surface area contributed by atoms with Gasteiger partial charge in [-0.15, -0.1) is 0 Å². The molecule has 0 aliphatic heterocycles. The van der Waals surface area contributed by atoms with Gasteiger partial charge in [0.25, 0.3) is 0 Å². The van der Waals surface area contributed by atoms with Crippen LogP contribution >= 0.6 is 0 Å². The van der Waals surface area contributed by atoms with E-state index in [2.05, 4.69) is 46.8 Å². The largest absolute Gasteiger partial charge is 1.00 e. The van der Waals surface area contributed by atoms with E-state index < -0.39 is 0 Å². The Kier molecular flexibility index (Phi) is 21.0. The molecular formula is C17H26Cl2SiZr-2. The zero-order chi connectivity index (χ0) is 14.7. The maximum Gasteiger partial charge on any atom is -0.0860 e. The summed E-state index contributed by atoms with van der Waals surface area (Å²) >= 11 is 1.80. The molecule has 2 rings (SSSR count). The summed E-state index contributed by atoms with van der Waals surface area (Å²) in [6, 6.07) is 18.2. The van der Waals surface area contributed by atoms with Gasteiger partial charge >= 0.3 is 67.5 Å². The summed E-state index contributed by atoms with van der Waals surface area (Å²) in [7, 11) is 0. The van der Waals surface area contributed by atoms with Gasteiger partial charge in [0.2, 0.25) is 0 Å². The quantitative estimate of drug-likeness (QED) is 0.453. The molecule has 0 fully saturated rings. The predicted molar refractivity (Wildman–Crippen MR) is 84.8 cm³/mol. The molecule has 0 bridgehead atoms.